The number of halogens is 2. The highest BCUT2D eigenvalue weighted by atomic mass is 79.9. The van der Waals surface area contributed by atoms with E-state index in [0.29, 0.717) is 5.41 Å². The highest BCUT2D eigenvalue weighted by molar-refractivity contribution is 9.09. The normalized spacial score (nSPS) is 11.8. The fraction of sp³-hybridized carbons (Fsp3) is 0.600. The molecule has 0 atom stereocenters. The molecule has 1 aromatic rings. The van der Waals surface area contributed by atoms with E-state index >= 15 is 0 Å². The van der Waals surface area contributed by atoms with Crippen LogP contribution >= 0.6 is 31.9 Å². The third-order valence-corrected chi connectivity index (χ3v) is 5.59. The molecular formula is C15H22Br2. The number of aryl methyl sites for hydroxylation is 2. The maximum atomic E-state index is 3.70. The lowest BCUT2D eigenvalue weighted by molar-refractivity contribution is 0.352. The third-order valence-electron chi connectivity index (χ3n) is 3.21. The van der Waals surface area contributed by atoms with Gasteiger partial charge >= 0.3 is 0 Å². The van der Waals surface area contributed by atoms with E-state index < -0.39 is 0 Å². The second-order valence-corrected chi connectivity index (χ2v) is 6.31. The van der Waals surface area contributed by atoms with Crippen LogP contribution in [-0.4, -0.2) is 10.7 Å². The van der Waals surface area contributed by atoms with Gasteiger partial charge < -0.3 is 0 Å². The highest BCUT2D eigenvalue weighted by Gasteiger charge is 2.27. The first-order valence-electron chi connectivity index (χ1n) is 6.24. The Balaban J connectivity index is 2.92. The van der Waals surface area contributed by atoms with Gasteiger partial charge in [0.15, 0.2) is 0 Å². The Bertz CT molecular complexity index is 334. The van der Waals surface area contributed by atoms with Crippen molar-refractivity contribution in [1.82, 2.24) is 0 Å². The van der Waals surface area contributed by atoms with Crippen LogP contribution in [0.2, 0.25) is 0 Å². The van der Waals surface area contributed by atoms with Crippen molar-refractivity contribution >= 4 is 31.9 Å². The molecular weight excluding hydrogens is 340 g/mol. The summed E-state index contributed by atoms with van der Waals surface area (Å²) in [6, 6.07) is 6.89. The zero-order valence-corrected chi connectivity index (χ0v) is 14.2. The lowest BCUT2D eigenvalue weighted by Crippen LogP contribution is -2.27. The number of hydrogen-bond acceptors (Lipinski definition) is 0. The minimum absolute atomic E-state index is 0.356. The largest absolute Gasteiger partial charge is 0.0922 e. The maximum Gasteiger partial charge on any atom is 0.00991 e. The van der Waals surface area contributed by atoms with Crippen LogP contribution in [0.25, 0.3) is 0 Å². The van der Waals surface area contributed by atoms with E-state index in [9.17, 15) is 0 Å². The van der Waals surface area contributed by atoms with Gasteiger partial charge in [-0.3, -0.25) is 0 Å². The molecule has 0 heterocycles. The molecule has 1 aromatic carbocycles. The standard InChI is InChI=1S/C15H22Br2/c1-4-5-15(10-16,11-17)9-14-7-12(2)6-13(3)8-14/h6-8H,4-5,9-11H2,1-3H3. The van der Waals surface area contributed by atoms with E-state index in [0.717, 1.165) is 17.1 Å². The summed E-state index contributed by atoms with van der Waals surface area (Å²) >= 11 is 7.40. The molecule has 0 unspecified atom stereocenters. The lowest BCUT2D eigenvalue weighted by Gasteiger charge is -2.30. The fourth-order valence-corrected chi connectivity index (χ4v) is 4.37. The van der Waals surface area contributed by atoms with Crippen LogP contribution in [0.3, 0.4) is 0 Å². The minimum atomic E-state index is 0.356. The first-order valence-corrected chi connectivity index (χ1v) is 8.48. The molecule has 0 aliphatic carbocycles. The Morgan fingerprint density at radius 2 is 1.53 bits per heavy atom. The van der Waals surface area contributed by atoms with Crippen LogP contribution in [0, 0.1) is 19.3 Å². The van der Waals surface area contributed by atoms with Gasteiger partial charge in [-0.25, -0.2) is 0 Å². The molecule has 0 spiro atoms. The second-order valence-electron chi connectivity index (χ2n) is 5.19. The molecule has 0 amide bonds. The molecule has 0 aliphatic rings. The summed E-state index contributed by atoms with van der Waals surface area (Å²) in [4.78, 5) is 0. The highest BCUT2D eigenvalue weighted by Crippen LogP contribution is 2.33. The van der Waals surface area contributed by atoms with Crippen molar-refractivity contribution in [3.05, 3.63) is 34.9 Å². The SMILES string of the molecule is CCCC(CBr)(CBr)Cc1cc(C)cc(C)c1. The van der Waals surface area contributed by atoms with Gasteiger partial charge in [-0.1, -0.05) is 74.5 Å². The van der Waals surface area contributed by atoms with E-state index in [-0.39, 0.29) is 0 Å². The predicted octanol–water partition coefficient (Wildman–Crippen LogP) is 5.42. The summed E-state index contributed by atoms with van der Waals surface area (Å²) in [5.41, 5.74) is 4.56. The van der Waals surface area contributed by atoms with Crippen LogP contribution in [0.5, 0.6) is 0 Å². The van der Waals surface area contributed by atoms with E-state index in [1.807, 2.05) is 0 Å². The van der Waals surface area contributed by atoms with Crippen molar-refractivity contribution in [2.75, 3.05) is 10.7 Å². The quantitative estimate of drug-likeness (QED) is 0.593. The molecule has 0 aromatic heterocycles. The molecule has 0 radical (unpaired) electrons. The van der Waals surface area contributed by atoms with E-state index in [1.165, 1.54) is 29.5 Å². The van der Waals surface area contributed by atoms with Crippen molar-refractivity contribution in [2.24, 2.45) is 5.41 Å². The van der Waals surface area contributed by atoms with Crippen LogP contribution < -0.4 is 0 Å². The summed E-state index contributed by atoms with van der Waals surface area (Å²) in [6.45, 7) is 6.63. The molecule has 0 nitrogen and oxygen atoms in total. The predicted molar refractivity (Wildman–Crippen MR) is 84.5 cm³/mol. The zero-order valence-electron chi connectivity index (χ0n) is 11.0. The third kappa shape index (κ3) is 4.40. The van der Waals surface area contributed by atoms with Crippen molar-refractivity contribution in [1.29, 1.82) is 0 Å². The smallest absolute Gasteiger partial charge is 0.00991 e. The zero-order chi connectivity index (χ0) is 12.9. The molecule has 0 saturated heterocycles. The lowest BCUT2D eigenvalue weighted by atomic mass is 9.81. The van der Waals surface area contributed by atoms with E-state index in [1.54, 1.807) is 0 Å². The average Bonchev–Trinajstić information content (AvgIpc) is 2.27. The van der Waals surface area contributed by atoms with Gasteiger partial charge in [0.25, 0.3) is 0 Å². The Morgan fingerprint density at radius 1 is 1.00 bits per heavy atom. The first kappa shape index (κ1) is 15.2. The van der Waals surface area contributed by atoms with Crippen molar-refractivity contribution in [3.8, 4) is 0 Å². The number of hydrogen-bond donors (Lipinski definition) is 0. The molecule has 0 aliphatic heterocycles. The molecule has 0 saturated carbocycles. The molecule has 0 fully saturated rings. The Kier molecular flexibility index (Phi) is 6.22. The van der Waals surface area contributed by atoms with Crippen LogP contribution in [0.1, 0.15) is 36.5 Å². The molecule has 1 rings (SSSR count). The maximum absolute atomic E-state index is 3.70. The monoisotopic (exact) mass is 360 g/mol. The van der Waals surface area contributed by atoms with Crippen LogP contribution in [0.4, 0.5) is 0 Å². The summed E-state index contributed by atoms with van der Waals surface area (Å²) in [6.07, 6.45) is 3.65. The number of rotatable bonds is 6. The molecule has 96 valence electrons. The van der Waals surface area contributed by atoms with E-state index in [4.69, 9.17) is 0 Å². The van der Waals surface area contributed by atoms with Gasteiger partial charge in [0.1, 0.15) is 0 Å². The second kappa shape index (κ2) is 6.94. The number of alkyl halides is 2. The summed E-state index contributed by atoms with van der Waals surface area (Å²) in [7, 11) is 0. The van der Waals surface area contributed by atoms with Crippen LogP contribution in [-0.2, 0) is 6.42 Å². The first-order chi connectivity index (χ1) is 8.05. The summed E-state index contributed by atoms with van der Waals surface area (Å²) < 4.78 is 0. The van der Waals surface area contributed by atoms with Crippen molar-refractivity contribution in [2.45, 2.75) is 40.0 Å². The van der Waals surface area contributed by atoms with Gasteiger partial charge in [-0.15, -0.1) is 0 Å². The van der Waals surface area contributed by atoms with Crippen LogP contribution in [0.15, 0.2) is 18.2 Å². The average molecular weight is 362 g/mol. The Hall–Kier alpha value is 0.180. The minimum Gasteiger partial charge on any atom is -0.0922 e. The van der Waals surface area contributed by atoms with Gasteiger partial charge in [-0.05, 0) is 37.7 Å². The van der Waals surface area contributed by atoms with Crippen molar-refractivity contribution < 1.29 is 0 Å². The van der Waals surface area contributed by atoms with Crippen molar-refractivity contribution in [3.63, 3.8) is 0 Å². The van der Waals surface area contributed by atoms with E-state index in [2.05, 4.69) is 70.8 Å². The molecule has 2 heteroatoms. The fourth-order valence-electron chi connectivity index (χ4n) is 2.49. The van der Waals surface area contributed by atoms with Gasteiger partial charge in [0.05, 0.1) is 0 Å². The summed E-state index contributed by atoms with van der Waals surface area (Å²) in [5.74, 6) is 0. The molecule has 0 bridgehead atoms. The summed E-state index contributed by atoms with van der Waals surface area (Å²) in [5, 5.41) is 2.12. The van der Waals surface area contributed by atoms with Gasteiger partial charge in [0, 0.05) is 10.7 Å². The molecule has 17 heavy (non-hydrogen) atoms. The molecule has 0 N–H and O–H groups in total. The van der Waals surface area contributed by atoms with Gasteiger partial charge in [-0.2, -0.15) is 0 Å². The Labute approximate surface area is 122 Å². The Morgan fingerprint density at radius 3 is 1.94 bits per heavy atom. The van der Waals surface area contributed by atoms with Gasteiger partial charge in [0.2, 0.25) is 0 Å². The topological polar surface area (TPSA) is 0 Å². The number of benzene rings is 1.